The smallest absolute Gasteiger partial charge is 0.312 e. The molecule has 0 saturated carbocycles. The number of carbonyl (C=O) groups excluding carboxylic acids is 3. The Morgan fingerprint density at radius 3 is 2.51 bits per heavy atom. The number of morpholine rings is 1. The van der Waals surface area contributed by atoms with Crippen molar-refractivity contribution in [3.63, 3.8) is 0 Å². The molecule has 1 fully saturated rings. The first-order valence-corrected chi connectivity index (χ1v) is 13.0. The number of nitrogens with two attached hydrogens (primary N) is 1. The number of benzene rings is 2. The van der Waals surface area contributed by atoms with Gasteiger partial charge in [0, 0.05) is 18.1 Å². The molecule has 1 aliphatic rings. The van der Waals surface area contributed by atoms with E-state index in [2.05, 4.69) is 10.6 Å². The number of halogens is 1. The molecule has 0 aliphatic carbocycles. The third kappa shape index (κ3) is 7.55. The molecule has 1 aliphatic heterocycles. The van der Waals surface area contributed by atoms with Crippen LogP contribution in [-0.2, 0) is 29.1 Å². The average molecular weight is 555 g/mol. The minimum Gasteiger partial charge on any atom is -0.495 e. The van der Waals surface area contributed by atoms with Gasteiger partial charge in [0.1, 0.15) is 5.75 Å². The van der Waals surface area contributed by atoms with E-state index in [9.17, 15) is 22.8 Å². The van der Waals surface area contributed by atoms with Gasteiger partial charge < -0.3 is 30.6 Å². The van der Waals surface area contributed by atoms with Gasteiger partial charge in [-0.2, -0.15) is 4.31 Å². The molecule has 0 radical (unpaired) electrons. The number of anilines is 1. The summed E-state index contributed by atoms with van der Waals surface area (Å²) in [6.07, 6.45) is -0.337. The van der Waals surface area contributed by atoms with Crippen LogP contribution in [0.4, 0.5) is 10.5 Å². The van der Waals surface area contributed by atoms with E-state index in [0.717, 1.165) is 0 Å². The molecule has 0 bridgehead atoms. The summed E-state index contributed by atoms with van der Waals surface area (Å²) in [7, 11) is -2.46. The second kappa shape index (κ2) is 12.7. The highest BCUT2D eigenvalue weighted by molar-refractivity contribution is 7.89. The van der Waals surface area contributed by atoms with Gasteiger partial charge >= 0.3 is 12.0 Å². The molecule has 2 aromatic rings. The van der Waals surface area contributed by atoms with Crippen molar-refractivity contribution in [3.8, 4) is 5.75 Å². The maximum absolute atomic E-state index is 13.0. The Morgan fingerprint density at radius 1 is 1.16 bits per heavy atom. The largest absolute Gasteiger partial charge is 0.495 e. The van der Waals surface area contributed by atoms with Gasteiger partial charge in [-0.15, -0.1) is 0 Å². The molecule has 2 aromatic carbocycles. The fourth-order valence-corrected chi connectivity index (χ4v) is 5.31. The summed E-state index contributed by atoms with van der Waals surface area (Å²) in [4.78, 5) is 36.3. The summed E-state index contributed by atoms with van der Waals surface area (Å²) in [6.45, 7) is 0.332. The first kappa shape index (κ1) is 28.2. The molecule has 3 amide bonds. The van der Waals surface area contributed by atoms with Crippen molar-refractivity contribution >= 4 is 45.2 Å². The van der Waals surface area contributed by atoms with E-state index in [-0.39, 0.29) is 49.1 Å². The maximum atomic E-state index is 13.0. The van der Waals surface area contributed by atoms with Crippen LogP contribution in [0, 0.1) is 0 Å². The number of ether oxygens (including phenoxy) is 3. The van der Waals surface area contributed by atoms with E-state index in [0.29, 0.717) is 10.6 Å². The lowest BCUT2D eigenvalue weighted by Gasteiger charge is -2.26. The van der Waals surface area contributed by atoms with E-state index in [1.54, 1.807) is 24.3 Å². The van der Waals surface area contributed by atoms with E-state index < -0.39 is 40.6 Å². The van der Waals surface area contributed by atoms with E-state index in [1.807, 2.05) is 0 Å². The van der Waals surface area contributed by atoms with Gasteiger partial charge in [0.05, 0.1) is 43.4 Å². The zero-order valence-corrected chi connectivity index (χ0v) is 21.5. The summed E-state index contributed by atoms with van der Waals surface area (Å²) in [5.41, 5.74) is 5.75. The van der Waals surface area contributed by atoms with Crippen molar-refractivity contribution in [1.82, 2.24) is 9.62 Å². The second-order valence-corrected chi connectivity index (χ2v) is 10.2. The molecule has 0 aromatic heterocycles. The van der Waals surface area contributed by atoms with Crippen LogP contribution in [-0.4, -0.2) is 70.7 Å². The SMILES string of the molecule is COc1ccc(S(=O)(=O)N2CCOCC2)cc1NC(=O)COC(=O)C[C@@H](NC(N)=O)c1ccccc1Cl. The van der Waals surface area contributed by atoms with Crippen molar-refractivity contribution in [2.75, 3.05) is 45.3 Å². The van der Waals surface area contributed by atoms with Gasteiger partial charge in [0.25, 0.3) is 5.91 Å². The van der Waals surface area contributed by atoms with Crippen LogP contribution < -0.4 is 21.1 Å². The highest BCUT2D eigenvalue weighted by Gasteiger charge is 2.27. The van der Waals surface area contributed by atoms with Crippen molar-refractivity contribution in [3.05, 3.63) is 53.1 Å². The van der Waals surface area contributed by atoms with Crippen molar-refractivity contribution < 1.29 is 37.0 Å². The number of hydrogen-bond donors (Lipinski definition) is 3. The summed E-state index contributed by atoms with van der Waals surface area (Å²) in [6, 6.07) is 8.89. The molecule has 200 valence electrons. The molecule has 12 nitrogen and oxygen atoms in total. The van der Waals surface area contributed by atoms with Gasteiger partial charge in [0.15, 0.2) is 6.61 Å². The lowest BCUT2D eigenvalue weighted by molar-refractivity contribution is -0.147. The monoisotopic (exact) mass is 554 g/mol. The minimum atomic E-state index is -3.82. The molecule has 3 rings (SSSR count). The first-order chi connectivity index (χ1) is 17.6. The summed E-state index contributed by atoms with van der Waals surface area (Å²) in [5, 5.41) is 5.24. The van der Waals surface area contributed by atoms with Crippen molar-refractivity contribution in [2.45, 2.75) is 17.4 Å². The Morgan fingerprint density at radius 2 is 1.86 bits per heavy atom. The second-order valence-electron chi connectivity index (χ2n) is 7.87. The van der Waals surface area contributed by atoms with E-state index in [4.69, 9.17) is 31.5 Å². The lowest BCUT2D eigenvalue weighted by atomic mass is 10.0. The molecule has 1 atom stereocenters. The first-order valence-electron chi connectivity index (χ1n) is 11.1. The minimum absolute atomic E-state index is 0.0393. The zero-order valence-electron chi connectivity index (χ0n) is 19.9. The van der Waals surface area contributed by atoms with Crippen LogP contribution in [0.2, 0.25) is 5.02 Å². The van der Waals surface area contributed by atoms with Crippen LogP contribution in [0.25, 0.3) is 0 Å². The molecule has 4 N–H and O–H groups in total. The molecule has 0 spiro atoms. The number of nitrogens with zero attached hydrogens (tertiary/aromatic N) is 1. The number of amides is 3. The Kier molecular flexibility index (Phi) is 9.69. The predicted octanol–water partition coefficient (Wildman–Crippen LogP) is 1.65. The van der Waals surface area contributed by atoms with E-state index >= 15 is 0 Å². The number of hydrogen-bond acceptors (Lipinski definition) is 8. The predicted molar refractivity (Wildman–Crippen MR) is 134 cm³/mol. The van der Waals surface area contributed by atoms with Gasteiger partial charge in [-0.05, 0) is 29.8 Å². The Labute approximate surface area is 219 Å². The third-order valence-electron chi connectivity index (χ3n) is 5.39. The van der Waals surface area contributed by atoms with Gasteiger partial charge in [-0.1, -0.05) is 29.8 Å². The fraction of sp³-hybridized carbons (Fsp3) is 0.348. The van der Waals surface area contributed by atoms with Gasteiger partial charge in [0.2, 0.25) is 10.0 Å². The Bertz CT molecular complexity index is 1250. The number of rotatable bonds is 10. The van der Waals surface area contributed by atoms with Crippen LogP contribution >= 0.6 is 11.6 Å². The molecule has 1 heterocycles. The highest BCUT2D eigenvalue weighted by Crippen LogP contribution is 2.29. The number of sulfonamides is 1. The van der Waals surface area contributed by atoms with Crippen LogP contribution in [0.15, 0.2) is 47.4 Å². The highest BCUT2D eigenvalue weighted by atomic mass is 35.5. The summed E-state index contributed by atoms with van der Waals surface area (Å²) >= 11 is 6.15. The van der Waals surface area contributed by atoms with Gasteiger partial charge in [-0.3, -0.25) is 9.59 Å². The number of methoxy groups -OCH3 is 1. The quantitative estimate of drug-likeness (QED) is 0.373. The van der Waals surface area contributed by atoms with Crippen LogP contribution in [0.3, 0.4) is 0 Å². The van der Waals surface area contributed by atoms with Crippen LogP contribution in [0.1, 0.15) is 18.0 Å². The molecular weight excluding hydrogens is 528 g/mol. The fourth-order valence-electron chi connectivity index (χ4n) is 3.61. The average Bonchev–Trinajstić information content (AvgIpc) is 2.87. The Balaban J connectivity index is 1.65. The lowest BCUT2D eigenvalue weighted by Crippen LogP contribution is -2.40. The number of primary amides is 1. The zero-order chi connectivity index (χ0) is 27.0. The normalized spacial score (nSPS) is 14.9. The number of urea groups is 1. The standard InChI is InChI=1S/C23H27ClN4O8S/c1-34-20-7-6-15(37(32,33)28-8-10-35-11-9-28)12-19(20)26-21(29)14-36-22(30)13-18(27-23(25)31)16-4-2-3-5-17(16)24/h2-7,12,18H,8-11,13-14H2,1H3,(H,26,29)(H3,25,27,31)/t18-/m1/s1. The van der Waals surface area contributed by atoms with Crippen molar-refractivity contribution in [1.29, 1.82) is 0 Å². The maximum Gasteiger partial charge on any atom is 0.312 e. The van der Waals surface area contributed by atoms with Crippen LogP contribution in [0.5, 0.6) is 5.75 Å². The summed E-state index contributed by atoms with van der Waals surface area (Å²) in [5.74, 6) is -1.32. The number of esters is 1. The summed E-state index contributed by atoms with van der Waals surface area (Å²) < 4.78 is 42.7. The molecular formula is C23H27ClN4O8S. The third-order valence-corrected chi connectivity index (χ3v) is 7.62. The molecule has 1 saturated heterocycles. The topological polar surface area (TPSA) is 166 Å². The number of carbonyl (C=O) groups is 3. The van der Waals surface area contributed by atoms with Crippen molar-refractivity contribution in [2.24, 2.45) is 5.73 Å². The molecule has 37 heavy (non-hydrogen) atoms. The van der Waals surface area contributed by atoms with Gasteiger partial charge in [-0.25, -0.2) is 13.2 Å². The van der Waals surface area contributed by atoms with E-state index in [1.165, 1.54) is 29.6 Å². The number of nitrogens with one attached hydrogen (secondary N) is 2. The Hall–Kier alpha value is -3.39. The molecule has 0 unspecified atom stereocenters. The molecule has 14 heteroatoms.